The number of hydrogen-bond acceptors (Lipinski definition) is 4. The first-order valence-corrected chi connectivity index (χ1v) is 8.45. The third kappa shape index (κ3) is 4.01. The third-order valence-electron chi connectivity index (χ3n) is 3.30. The lowest BCUT2D eigenvalue weighted by atomic mass is 10.1. The van der Waals surface area contributed by atoms with Crippen LogP contribution in [-0.4, -0.2) is 35.2 Å². The van der Waals surface area contributed by atoms with Gasteiger partial charge in [-0.1, -0.05) is 11.6 Å². The summed E-state index contributed by atoms with van der Waals surface area (Å²) >= 11 is 6.18. The molecule has 1 amide bonds. The third-order valence-corrected chi connectivity index (χ3v) is 4.33. The molecule has 0 saturated heterocycles. The largest absolute Gasteiger partial charge is 0.370 e. The average molecular weight is 359 g/mol. The lowest BCUT2D eigenvalue weighted by molar-refractivity contribution is 0.0969. The second-order valence-corrected chi connectivity index (χ2v) is 6.98. The quantitative estimate of drug-likeness (QED) is 0.365. The monoisotopic (exact) mass is 358 g/mol. The number of fused-ring (bicyclic) bond motifs is 1. The Kier molecular flexibility index (Phi) is 4.64. The molecule has 8 nitrogen and oxygen atoms in total. The number of hydrogen-bond donors (Lipinski definition) is 4. The molecule has 0 atom stereocenters. The van der Waals surface area contributed by atoms with Gasteiger partial charge in [0.05, 0.1) is 16.3 Å². The normalized spacial score (nSPS) is 11.6. The molecule has 124 valence electrons. The van der Waals surface area contributed by atoms with E-state index < -0.39 is 27.7 Å². The highest BCUT2D eigenvalue weighted by Gasteiger charge is 2.17. The lowest BCUT2D eigenvalue weighted by Crippen LogP contribution is -2.36. The molecule has 10 heteroatoms. The number of guanidine groups is 1. The van der Waals surface area contributed by atoms with Crippen LogP contribution in [0.25, 0.3) is 10.9 Å². The molecular weight excluding hydrogens is 344 g/mol. The molecule has 5 N–H and O–H groups in total. The molecule has 1 heterocycles. The van der Waals surface area contributed by atoms with E-state index in [1.165, 1.54) is 0 Å². The average Bonchev–Trinajstić information content (AvgIpc) is 2.73. The Morgan fingerprint density at radius 1 is 1.43 bits per heavy atom. The van der Waals surface area contributed by atoms with Gasteiger partial charge in [0.25, 0.3) is 16.0 Å². The standard InChI is InChI=1S/C13H15ClN4O4S/c1-18-10-5-7(2-3-23(20,21)22)4-9(14)8(10)6-11(18)12(19)17-13(15)16/h4-6H,2-3H2,1H3,(H,20,21,22)(H4,15,16,17,19). The first kappa shape index (κ1) is 17.3. The molecule has 2 aromatic rings. The zero-order valence-corrected chi connectivity index (χ0v) is 13.7. The van der Waals surface area contributed by atoms with E-state index in [9.17, 15) is 13.2 Å². The fraction of sp³-hybridized carbons (Fsp3) is 0.231. The molecule has 2 rings (SSSR count). The summed E-state index contributed by atoms with van der Waals surface area (Å²) in [6, 6.07) is 4.83. The first-order valence-electron chi connectivity index (χ1n) is 6.47. The van der Waals surface area contributed by atoms with Crippen LogP contribution in [0.2, 0.25) is 5.02 Å². The van der Waals surface area contributed by atoms with Crippen LogP contribution < -0.4 is 11.1 Å². The maximum absolute atomic E-state index is 12.0. The molecule has 0 saturated carbocycles. The van der Waals surface area contributed by atoms with Gasteiger partial charge < -0.3 is 10.3 Å². The maximum Gasteiger partial charge on any atom is 0.274 e. The second-order valence-electron chi connectivity index (χ2n) is 5.00. The molecule has 1 aromatic heterocycles. The number of nitrogens with zero attached hydrogens (tertiary/aromatic N) is 1. The van der Waals surface area contributed by atoms with Gasteiger partial charge in [0.15, 0.2) is 5.96 Å². The molecule has 0 bridgehead atoms. The Bertz CT molecular complexity index is 904. The van der Waals surface area contributed by atoms with E-state index in [1.807, 2.05) is 0 Å². The maximum atomic E-state index is 12.0. The van der Waals surface area contributed by atoms with Crippen LogP contribution in [0.5, 0.6) is 0 Å². The molecule has 0 aliphatic heterocycles. The summed E-state index contributed by atoms with van der Waals surface area (Å²) in [5, 5.41) is 10.2. The van der Waals surface area contributed by atoms with Crippen LogP contribution in [0.3, 0.4) is 0 Å². The van der Waals surface area contributed by atoms with Gasteiger partial charge in [-0.25, -0.2) is 0 Å². The number of nitrogens with one attached hydrogen (secondary N) is 2. The highest BCUT2D eigenvalue weighted by atomic mass is 35.5. The van der Waals surface area contributed by atoms with Gasteiger partial charge in [-0.2, -0.15) is 8.42 Å². The summed E-state index contributed by atoms with van der Waals surface area (Å²) in [5.41, 5.74) is 6.63. The van der Waals surface area contributed by atoms with E-state index in [0.717, 1.165) is 0 Å². The van der Waals surface area contributed by atoms with Crippen molar-refractivity contribution in [3.05, 3.63) is 34.5 Å². The van der Waals surface area contributed by atoms with E-state index in [4.69, 9.17) is 27.3 Å². The van der Waals surface area contributed by atoms with Gasteiger partial charge >= 0.3 is 0 Å². The van der Waals surface area contributed by atoms with Crippen molar-refractivity contribution in [2.24, 2.45) is 12.8 Å². The van der Waals surface area contributed by atoms with E-state index in [2.05, 4.69) is 5.32 Å². The van der Waals surface area contributed by atoms with Crippen molar-refractivity contribution >= 4 is 44.5 Å². The highest BCUT2D eigenvalue weighted by molar-refractivity contribution is 7.85. The fourth-order valence-electron chi connectivity index (χ4n) is 2.24. The van der Waals surface area contributed by atoms with Crippen molar-refractivity contribution in [3.8, 4) is 0 Å². The van der Waals surface area contributed by atoms with Crippen LogP contribution >= 0.6 is 11.6 Å². The minimum atomic E-state index is -4.07. The van der Waals surface area contributed by atoms with Crippen LogP contribution in [-0.2, 0) is 23.6 Å². The highest BCUT2D eigenvalue weighted by Crippen LogP contribution is 2.28. The van der Waals surface area contributed by atoms with Crippen molar-refractivity contribution < 1.29 is 17.8 Å². The van der Waals surface area contributed by atoms with E-state index in [1.54, 1.807) is 29.8 Å². The molecular formula is C13H15ClN4O4S. The Morgan fingerprint density at radius 2 is 2.09 bits per heavy atom. The van der Waals surface area contributed by atoms with Crippen LogP contribution in [0.15, 0.2) is 18.2 Å². The summed E-state index contributed by atoms with van der Waals surface area (Å²) in [7, 11) is -2.43. The number of carbonyl (C=O) groups excluding carboxylic acids is 1. The van der Waals surface area contributed by atoms with Gasteiger partial charge in [0.2, 0.25) is 0 Å². The number of aryl methyl sites for hydroxylation is 2. The topological polar surface area (TPSA) is 138 Å². The number of carbonyl (C=O) groups is 1. The van der Waals surface area contributed by atoms with Gasteiger partial charge in [0, 0.05) is 12.4 Å². The summed E-state index contributed by atoms with van der Waals surface area (Å²) in [6.07, 6.45) is 0.0919. The second kappa shape index (κ2) is 6.19. The Hall–Kier alpha value is -2.10. The Morgan fingerprint density at radius 3 is 2.65 bits per heavy atom. The number of halogens is 1. The number of rotatable bonds is 4. The van der Waals surface area contributed by atoms with Gasteiger partial charge in [-0.3, -0.25) is 20.1 Å². The van der Waals surface area contributed by atoms with E-state index in [-0.39, 0.29) is 12.1 Å². The number of aromatic nitrogens is 1. The van der Waals surface area contributed by atoms with Crippen LogP contribution in [0.1, 0.15) is 16.1 Å². The molecule has 0 unspecified atom stereocenters. The SMILES string of the molecule is Cn1c(C(=O)NC(=N)N)cc2c(Cl)cc(CCS(=O)(=O)O)cc21. The summed E-state index contributed by atoms with van der Waals surface area (Å²) in [5.74, 6) is -1.44. The predicted molar refractivity (Wildman–Crippen MR) is 87.4 cm³/mol. The molecule has 23 heavy (non-hydrogen) atoms. The summed E-state index contributed by atoms with van der Waals surface area (Å²) in [6.45, 7) is 0. The number of benzene rings is 1. The minimum absolute atomic E-state index is 0.0919. The van der Waals surface area contributed by atoms with E-state index >= 15 is 0 Å². The Balaban J connectivity index is 2.45. The van der Waals surface area contributed by atoms with Crippen molar-refractivity contribution in [2.75, 3.05) is 5.75 Å². The molecule has 0 aliphatic rings. The van der Waals surface area contributed by atoms with Gasteiger partial charge in [0.1, 0.15) is 5.69 Å². The first-order chi connectivity index (χ1) is 10.6. The van der Waals surface area contributed by atoms with Crippen molar-refractivity contribution in [2.45, 2.75) is 6.42 Å². The summed E-state index contributed by atoms with van der Waals surface area (Å²) < 4.78 is 32.1. The molecule has 0 radical (unpaired) electrons. The Labute approximate surface area is 137 Å². The lowest BCUT2D eigenvalue weighted by Gasteiger charge is -2.06. The molecule has 0 aliphatic carbocycles. The zero-order chi connectivity index (χ0) is 17.4. The number of nitrogens with two attached hydrogens (primary N) is 1. The van der Waals surface area contributed by atoms with E-state index in [0.29, 0.717) is 21.5 Å². The minimum Gasteiger partial charge on any atom is -0.370 e. The fourth-order valence-corrected chi connectivity index (χ4v) is 3.02. The smallest absolute Gasteiger partial charge is 0.274 e. The van der Waals surface area contributed by atoms with Crippen LogP contribution in [0, 0.1) is 5.41 Å². The van der Waals surface area contributed by atoms with Crippen molar-refractivity contribution in [1.29, 1.82) is 5.41 Å². The predicted octanol–water partition coefficient (Wildman–Crippen LogP) is 0.885. The molecule has 1 aromatic carbocycles. The van der Waals surface area contributed by atoms with Gasteiger partial charge in [-0.05, 0) is 30.2 Å². The molecule has 0 fully saturated rings. The summed E-state index contributed by atoms with van der Waals surface area (Å²) in [4.78, 5) is 12.0. The molecule has 0 spiro atoms. The van der Waals surface area contributed by atoms with Crippen molar-refractivity contribution in [1.82, 2.24) is 9.88 Å². The van der Waals surface area contributed by atoms with Crippen LogP contribution in [0.4, 0.5) is 0 Å². The number of amides is 1. The zero-order valence-electron chi connectivity index (χ0n) is 12.1. The van der Waals surface area contributed by atoms with Gasteiger partial charge in [-0.15, -0.1) is 0 Å². The van der Waals surface area contributed by atoms with Crippen molar-refractivity contribution in [3.63, 3.8) is 0 Å².